The van der Waals surface area contributed by atoms with E-state index in [1.807, 2.05) is 37.3 Å². The highest BCUT2D eigenvalue weighted by molar-refractivity contribution is 7.92. The minimum atomic E-state index is -3.62. The SMILES string of the molecule is Cc1ccc(S(=O)(=O)N2CCCc3ccc(-c4ccnc(Cl)n4)cc32)cc1. The van der Waals surface area contributed by atoms with Gasteiger partial charge in [0.2, 0.25) is 5.28 Å². The molecular weight excluding hydrogens is 382 g/mol. The van der Waals surface area contributed by atoms with E-state index in [0.717, 1.165) is 29.5 Å². The molecule has 0 aliphatic carbocycles. The molecule has 0 fully saturated rings. The highest BCUT2D eigenvalue weighted by Gasteiger charge is 2.29. The average Bonchev–Trinajstić information content (AvgIpc) is 2.67. The van der Waals surface area contributed by atoms with Gasteiger partial charge in [0.1, 0.15) is 0 Å². The first kappa shape index (κ1) is 17.9. The van der Waals surface area contributed by atoms with E-state index in [0.29, 0.717) is 22.8 Å². The third-order valence-corrected chi connectivity index (χ3v) is 6.70. The van der Waals surface area contributed by atoms with Gasteiger partial charge in [-0.3, -0.25) is 4.31 Å². The lowest BCUT2D eigenvalue weighted by atomic mass is 10.00. The minimum Gasteiger partial charge on any atom is -0.266 e. The molecule has 1 aromatic heterocycles. The number of aromatic nitrogens is 2. The third-order valence-electron chi connectivity index (χ3n) is 4.69. The van der Waals surface area contributed by atoms with Crippen molar-refractivity contribution in [3.05, 3.63) is 71.1 Å². The molecule has 2 aromatic carbocycles. The van der Waals surface area contributed by atoms with Crippen LogP contribution in [0, 0.1) is 6.92 Å². The Morgan fingerprint density at radius 2 is 1.85 bits per heavy atom. The summed E-state index contributed by atoms with van der Waals surface area (Å²) in [5.74, 6) is 0. The maximum absolute atomic E-state index is 13.2. The highest BCUT2D eigenvalue weighted by Crippen LogP contribution is 2.35. The number of nitrogens with zero attached hydrogens (tertiary/aromatic N) is 3. The molecule has 0 N–H and O–H groups in total. The molecule has 27 heavy (non-hydrogen) atoms. The van der Waals surface area contributed by atoms with Gasteiger partial charge in [-0.2, -0.15) is 0 Å². The summed E-state index contributed by atoms with van der Waals surface area (Å²) in [5, 5.41) is 0.161. The number of rotatable bonds is 3. The Balaban J connectivity index is 1.80. The molecule has 3 aromatic rings. The highest BCUT2D eigenvalue weighted by atomic mass is 35.5. The maximum Gasteiger partial charge on any atom is 0.264 e. The molecule has 4 rings (SSSR count). The Bertz CT molecular complexity index is 1100. The van der Waals surface area contributed by atoms with Gasteiger partial charge in [0, 0.05) is 18.3 Å². The van der Waals surface area contributed by atoms with Crippen LogP contribution >= 0.6 is 11.6 Å². The molecule has 0 spiro atoms. The predicted molar refractivity (Wildman–Crippen MR) is 107 cm³/mol. The second-order valence-corrected chi connectivity index (χ2v) is 8.75. The zero-order valence-electron chi connectivity index (χ0n) is 14.8. The van der Waals surface area contributed by atoms with Crippen molar-refractivity contribution in [2.24, 2.45) is 0 Å². The lowest BCUT2D eigenvalue weighted by Crippen LogP contribution is -2.35. The fourth-order valence-electron chi connectivity index (χ4n) is 3.28. The van der Waals surface area contributed by atoms with E-state index >= 15 is 0 Å². The molecule has 0 saturated heterocycles. The normalized spacial score (nSPS) is 14.1. The lowest BCUT2D eigenvalue weighted by molar-refractivity contribution is 0.586. The smallest absolute Gasteiger partial charge is 0.264 e. The molecule has 0 saturated carbocycles. The standard InChI is InChI=1S/C20H18ClN3O2S/c1-14-4-8-17(9-5-14)27(25,26)24-12-2-3-15-6-7-16(13-19(15)24)18-10-11-22-20(21)23-18/h4-11,13H,2-3,12H2,1H3. The van der Waals surface area contributed by atoms with Crippen LogP contribution in [0.3, 0.4) is 0 Å². The Morgan fingerprint density at radius 1 is 1.07 bits per heavy atom. The van der Waals surface area contributed by atoms with Crippen molar-refractivity contribution in [2.75, 3.05) is 10.8 Å². The number of benzene rings is 2. The number of anilines is 1. The molecule has 0 amide bonds. The van der Waals surface area contributed by atoms with E-state index in [4.69, 9.17) is 11.6 Å². The monoisotopic (exact) mass is 399 g/mol. The third kappa shape index (κ3) is 3.42. The largest absolute Gasteiger partial charge is 0.266 e. The molecule has 5 nitrogen and oxygen atoms in total. The van der Waals surface area contributed by atoms with Crippen molar-refractivity contribution < 1.29 is 8.42 Å². The van der Waals surface area contributed by atoms with Gasteiger partial charge < -0.3 is 0 Å². The summed E-state index contributed by atoms with van der Waals surface area (Å²) in [4.78, 5) is 8.44. The molecule has 1 aliphatic rings. The van der Waals surface area contributed by atoms with E-state index in [2.05, 4.69) is 9.97 Å². The van der Waals surface area contributed by atoms with E-state index in [-0.39, 0.29) is 5.28 Å². The molecule has 0 unspecified atom stereocenters. The van der Waals surface area contributed by atoms with Gasteiger partial charge in [0.05, 0.1) is 16.3 Å². The van der Waals surface area contributed by atoms with Gasteiger partial charge in [-0.05, 0) is 61.2 Å². The summed E-state index contributed by atoms with van der Waals surface area (Å²) >= 11 is 5.90. The van der Waals surface area contributed by atoms with Crippen LogP contribution in [0.15, 0.2) is 59.6 Å². The van der Waals surface area contributed by atoms with Crippen LogP contribution in [0.25, 0.3) is 11.3 Å². The van der Waals surface area contributed by atoms with E-state index in [1.54, 1.807) is 24.4 Å². The van der Waals surface area contributed by atoms with Crippen molar-refractivity contribution >= 4 is 27.3 Å². The number of hydrogen-bond acceptors (Lipinski definition) is 4. The van der Waals surface area contributed by atoms with E-state index in [1.165, 1.54) is 4.31 Å². The lowest BCUT2D eigenvalue weighted by Gasteiger charge is -2.31. The van der Waals surface area contributed by atoms with Gasteiger partial charge in [0.25, 0.3) is 10.0 Å². The van der Waals surface area contributed by atoms with Crippen molar-refractivity contribution in [3.63, 3.8) is 0 Å². The summed E-state index contributed by atoms with van der Waals surface area (Å²) in [6.45, 7) is 2.39. The second-order valence-electron chi connectivity index (χ2n) is 6.55. The number of halogens is 1. The molecule has 0 bridgehead atoms. The second kappa shape index (κ2) is 6.94. The fraction of sp³-hybridized carbons (Fsp3) is 0.200. The summed E-state index contributed by atoms with van der Waals surface area (Å²) in [5.41, 5.74) is 4.21. The molecule has 1 aliphatic heterocycles. The summed E-state index contributed by atoms with van der Waals surface area (Å²) in [6, 6.07) is 14.5. The molecule has 2 heterocycles. The van der Waals surface area contributed by atoms with Gasteiger partial charge >= 0.3 is 0 Å². The quantitative estimate of drug-likeness (QED) is 0.618. The Hall–Kier alpha value is -2.44. The van der Waals surface area contributed by atoms with Crippen LogP contribution < -0.4 is 4.31 Å². The van der Waals surface area contributed by atoms with Crippen molar-refractivity contribution in [1.82, 2.24) is 9.97 Å². The predicted octanol–water partition coefficient (Wildman–Crippen LogP) is 4.25. The summed E-state index contributed by atoms with van der Waals surface area (Å²) in [7, 11) is -3.62. The zero-order chi connectivity index (χ0) is 19.0. The van der Waals surface area contributed by atoms with E-state index < -0.39 is 10.0 Å². The van der Waals surface area contributed by atoms with Gasteiger partial charge in [-0.15, -0.1) is 0 Å². The van der Waals surface area contributed by atoms with E-state index in [9.17, 15) is 8.42 Å². The fourth-order valence-corrected chi connectivity index (χ4v) is 4.96. The summed E-state index contributed by atoms with van der Waals surface area (Å²) in [6.07, 6.45) is 3.22. The van der Waals surface area contributed by atoms with Gasteiger partial charge in [-0.1, -0.05) is 29.8 Å². The van der Waals surface area contributed by atoms with Crippen molar-refractivity contribution in [2.45, 2.75) is 24.7 Å². The Labute approximate surface area is 163 Å². The van der Waals surface area contributed by atoms with Crippen LogP contribution in [0.4, 0.5) is 5.69 Å². The van der Waals surface area contributed by atoms with Crippen LogP contribution in [-0.2, 0) is 16.4 Å². The van der Waals surface area contributed by atoms with Crippen molar-refractivity contribution in [1.29, 1.82) is 0 Å². The Morgan fingerprint density at radius 3 is 2.59 bits per heavy atom. The number of sulfonamides is 1. The first-order valence-electron chi connectivity index (χ1n) is 8.66. The van der Waals surface area contributed by atoms with Crippen LogP contribution in [0.5, 0.6) is 0 Å². The van der Waals surface area contributed by atoms with Crippen LogP contribution in [0.1, 0.15) is 17.5 Å². The molecule has 0 atom stereocenters. The molecule has 138 valence electrons. The Kier molecular flexibility index (Phi) is 4.61. The molecule has 7 heteroatoms. The minimum absolute atomic E-state index is 0.161. The molecule has 0 radical (unpaired) electrons. The molecular formula is C20H18ClN3O2S. The number of fused-ring (bicyclic) bond motifs is 1. The van der Waals surface area contributed by atoms with Gasteiger partial charge in [-0.25, -0.2) is 18.4 Å². The maximum atomic E-state index is 13.2. The first-order valence-corrected chi connectivity index (χ1v) is 10.5. The van der Waals surface area contributed by atoms with Crippen LogP contribution in [0.2, 0.25) is 5.28 Å². The first-order chi connectivity index (χ1) is 12.9. The number of aryl methyl sites for hydroxylation is 2. The average molecular weight is 400 g/mol. The van der Waals surface area contributed by atoms with Crippen molar-refractivity contribution in [3.8, 4) is 11.3 Å². The topological polar surface area (TPSA) is 63.2 Å². The zero-order valence-corrected chi connectivity index (χ0v) is 16.3. The summed E-state index contributed by atoms with van der Waals surface area (Å²) < 4.78 is 28.0. The van der Waals surface area contributed by atoms with Crippen LogP contribution in [-0.4, -0.2) is 24.9 Å². The number of hydrogen-bond donors (Lipinski definition) is 0. The van der Waals surface area contributed by atoms with Gasteiger partial charge in [0.15, 0.2) is 0 Å².